The average Bonchev–Trinajstić information content (AvgIpc) is 2.34. The van der Waals surface area contributed by atoms with Gasteiger partial charge in [-0.05, 0) is 19.9 Å². The number of halogens is 1. The standard InChI is InChI=1S/C14H20ClNO2S/c1-14(2)10-16(7-8-19(14)18)9-13(17)11-5-3-4-6-12(11)15/h3-6,13,17H,7-10H2,1-2H3. The molecule has 0 radical (unpaired) electrons. The normalized spacial score (nSPS) is 25.2. The van der Waals surface area contributed by atoms with Crippen LogP contribution in [0.2, 0.25) is 5.02 Å². The second-order valence-electron chi connectivity index (χ2n) is 5.58. The number of rotatable bonds is 3. The Morgan fingerprint density at radius 1 is 1.47 bits per heavy atom. The van der Waals surface area contributed by atoms with Crippen molar-refractivity contribution in [2.24, 2.45) is 0 Å². The van der Waals surface area contributed by atoms with Gasteiger partial charge in [-0.25, -0.2) is 0 Å². The monoisotopic (exact) mass is 301 g/mol. The van der Waals surface area contributed by atoms with E-state index in [2.05, 4.69) is 4.90 Å². The maximum Gasteiger partial charge on any atom is 0.0931 e. The van der Waals surface area contributed by atoms with Crippen molar-refractivity contribution in [2.45, 2.75) is 24.7 Å². The number of aliphatic hydroxyl groups is 1. The topological polar surface area (TPSA) is 40.5 Å². The molecule has 1 heterocycles. The summed E-state index contributed by atoms with van der Waals surface area (Å²) >= 11 is 6.09. The first kappa shape index (κ1) is 15.0. The molecule has 19 heavy (non-hydrogen) atoms. The molecule has 1 N–H and O–H groups in total. The van der Waals surface area contributed by atoms with Gasteiger partial charge >= 0.3 is 0 Å². The van der Waals surface area contributed by atoms with Gasteiger partial charge in [0.2, 0.25) is 0 Å². The Bertz CT molecular complexity index is 478. The highest BCUT2D eigenvalue weighted by molar-refractivity contribution is 7.86. The zero-order valence-electron chi connectivity index (χ0n) is 11.3. The molecule has 0 bridgehead atoms. The Morgan fingerprint density at radius 3 is 2.79 bits per heavy atom. The SMILES string of the molecule is CC1(C)CN(CC(O)c2ccccc2Cl)CCS1=O. The second kappa shape index (κ2) is 5.92. The summed E-state index contributed by atoms with van der Waals surface area (Å²) in [4.78, 5) is 2.16. The van der Waals surface area contributed by atoms with Crippen molar-refractivity contribution in [3.05, 3.63) is 34.9 Å². The lowest BCUT2D eigenvalue weighted by atomic mass is 10.1. The zero-order valence-corrected chi connectivity index (χ0v) is 12.9. The average molecular weight is 302 g/mol. The van der Waals surface area contributed by atoms with E-state index >= 15 is 0 Å². The van der Waals surface area contributed by atoms with E-state index in [0.29, 0.717) is 17.3 Å². The molecule has 1 fully saturated rings. The van der Waals surface area contributed by atoms with Crippen molar-refractivity contribution in [3.63, 3.8) is 0 Å². The highest BCUT2D eigenvalue weighted by Crippen LogP contribution is 2.26. The smallest absolute Gasteiger partial charge is 0.0931 e. The fraction of sp³-hybridized carbons (Fsp3) is 0.571. The number of hydrogen-bond acceptors (Lipinski definition) is 3. The number of nitrogens with zero attached hydrogens (tertiary/aromatic N) is 1. The van der Waals surface area contributed by atoms with E-state index in [1.54, 1.807) is 6.07 Å². The largest absolute Gasteiger partial charge is 0.387 e. The summed E-state index contributed by atoms with van der Waals surface area (Å²) in [6.07, 6.45) is -0.601. The molecule has 0 aromatic heterocycles. The van der Waals surface area contributed by atoms with Gasteiger partial charge < -0.3 is 5.11 Å². The van der Waals surface area contributed by atoms with Crippen LogP contribution in [-0.2, 0) is 10.8 Å². The fourth-order valence-corrected chi connectivity index (χ4v) is 3.99. The van der Waals surface area contributed by atoms with Crippen LogP contribution in [0, 0.1) is 0 Å². The van der Waals surface area contributed by atoms with Gasteiger partial charge in [0, 0.05) is 46.8 Å². The van der Waals surface area contributed by atoms with Gasteiger partial charge in [0.1, 0.15) is 0 Å². The predicted molar refractivity (Wildman–Crippen MR) is 79.9 cm³/mol. The van der Waals surface area contributed by atoms with Gasteiger partial charge in [0.05, 0.1) is 10.9 Å². The maximum atomic E-state index is 11.9. The summed E-state index contributed by atoms with van der Waals surface area (Å²) < 4.78 is 11.7. The number of aliphatic hydroxyl groups excluding tert-OH is 1. The van der Waals surface area contributed by atoms with E-state index in [9.17, 15) is 9.32 Å². The van der Waals surface area contributed by atoms with Crippen LogP contribution in [0.1, 0.15) is 25.5 Å². The third-order valence-electron chi connectivity index (χ3n) is 3.51. The molecule has 0 amide bonds. The van der Waals surface area contributed by atoms with Gasteiger partial charge in [-0.3, -0.25) is 9.11 Å². The summed E-state index contributed by atoms with van der Waals surface area (Å²) in [5.41, 5.74) is 0.758. The third kappa shape index (κ3) is 3.57. The first-order valence-electron chi connectivity index (χ1n) is 6.43. The van der Waals surface area contributed by atoms with Crippen molar-refractivity contribution < 1.29 is 9.32 Å². The minimum atomic E-state index is -0.784. The van der Waals surface area contributed by atoms with Crippen LogP contribution in [0.5, 0.6) is 0 Å². The van der Waals surface area contributed by atoms with Crippen molar-refractivity contribution in [1.82, 2.24) is 4.90 Å². The van der Waals surface area contributed by atoms with Gasteiger partial charge in [0.25, 0.3) is 0 Å². The maximum absolute atomic E-state index is 11.9. The van der Waals surface area contributed by atoms with Crippen molar-refractivity contribution >= 4 is 22.4 Å². The number of β-amino-alcohol motifs (C(OH)–C–C–N with tert-alkyl or cyclic N) is 1. The Balaban J connectivity index is 2.02. The molecular formula is C14H20ClNO2S. The Labute approximate surface area is 122 Å². The van der Waals surface area contributed by atoms with Crippen molar-refractivity contribution in [1.29, 1.82) is 0 Å². The second-order valence-corrected chi connectivity index (χ2v) is 8.19. The first-order valence-corrected chi connectivity index (χ1v) is 8.13. The molecule has 1 aliphatic heterocycles. The predicted octanol–water partition coefficient (Wildman–Crippen LogP) is 2.22. The van der Waals surface area contributed by atoms with Crippen LogP contribution >= 0.6 is 11.6 Å². The number of hydrogen-bond donors (Lipinski definition) is 1. The lowest BCUT2D eigenvalue weighted by Gasteiger charge is -2.38. The first-order chi connectivity index (χ1) is 8.90. The van der Waals surface area contributed by atoms with Crippen LogP contribution in [0.25, 0.3) is 0 Å². The molecule has 1 aromatic rings. The van der Waals surface area contributed by atoms with Crippen LogP contribution < -0.4 is 0 Å². The molecule has 5 heteroatoms. The Morgan fingerprint density at radius 2 is 2.16 bits per heavy atom. The Kier molecular flexibility index (Phi) is 4.66. The minimum Gasteiger partial charge on any atom is -0.387 e. The van der Waals surface area contributed by atoms with E-state index in [4.69, 9.17) is 11.6 Å². The zero-order chi connectivity index (χ0) is 14.0. The molecule has 0 aliphatic carbocycles. The molecule has 2 atom stereocenters. The molecule has 1 aromatic carbocycles. The van der Waals surface area contributed by atoms with Gasteiger partial charge in [0.15, 0.2) is 0 Å². The lowest BCUT2D eigenvalue weighted by Crippen LogP contribution is -2.50. The van der Waals surface area contributed by atoms with Crippen LogP contribution in [0.15, 0.2) is 24.3 Å². The fourth-order valence-electron chi connectivity index (χ4n) is 2.42. The molecule has 0 saturated carbocycles. The van der Waals surface area contributed by atoms with Crippen LogP contribution in [-0.4, -0.2) is 44.3 Å². The summed E-state index contributed by atoms with van der Waals surface area (Å²) in [6, 6.07) is 7.36. The minimum absolute atomic E-state index is 0.210. The van der Waals surface area contributed by atoms with E-state index < -0.39 is 16.9 Å². The van der Waals surface area contributed by atoms with Gasteiger partial charge in [-0.2, -0.15) is 0 Å². The molecule has 2 rings (SSSR count). The van der Waals surface area contributed by atoms with E-state index in [1.807, 2.05) is 32.0 Å². The summed E-state index contributed by atoms with van der Waals surface area (Å²) in [5.74, 6) is 0.669. The van der Waals surface area contributed by atoms with Crippen LogP contribution in [0.3, 0.4) is 0 Å². The molecule has 2 unspecified atom stereocenters. The molecule has 106 valence electrons. The molecule has 1 aliphatic rings. The summed E-state index contributed by atoms with van der Waals surface area (Å²) in [6.45, 7) is 6.05. The van der Waals surface area contributed by atoms with E-state index in [-0.39, 0.29) is 4.75 Å². The molecule has 1 saturated heterocycles. The van der Waals surface area contributed by atoms with Crippen molar-refractivity contribution in [3.8, 4) is 0 Å². The van der Waals surface area contributed by atoms with Gasteiger partial charge in [-0.15, -0.1) is 0 Å². The van der Waals surface area contributed by atoms with Gasteiger partial charge in [-0.1, -0.05) is 29.8 Å². The molecule has 0 spiro atoms. The highest BCUT2D eigenvalue weighted by atomic mass is 35.5. The highest BCUT2D eigenvalue weighted by Gasteiger charge is 2.33. The summed E-state index contributed by atoms with van der Waals surface area (Å²) in [5, 5.41) is 10.9. The summed E-state index contributed by atoms with van der Waals surface area (Å²) in [7, 11) is -0.784. The van der Waals surface area contributed by atoms with Crippen molar-refractivity contribution in [2.75, 3.05) is 25.4 Å². The molecular weight excluding hydrogens is 282 g/mol. The number of benzene rings is 1. The third-order valence-corrected chi connectivity index (χ3v) is 5.77. The quantitative estimate of drug-likeness (QED) is 0.930. The lowest BCUT2D eigenvalue weighted by molar-refractivity contribution is 0.109. The molecule has 3 nitrogen and oxygen atoms in total. The van der Waals surface area contributed by atoms with E-state index in [1.165, 1.54) is 0 Å². The van der Waals surface area contributed by atoms with E-state index in [0.717, 1.165) is 18.7 Å². The Hall–Kier alpha value is -0.420. The van der Waals surface area contributed by atoms with Crippen LogP contribution in [0.4, 0.5) is 0 Å².